The number of nitrogens with one attached hydrogen (secondary N) is 1. The van der Waals surface area contributed by atoms with Gasteiger partial charge in [-0.1, -0.05) is 42.8 Å². The molecule has 3 unspecified atom stereocenters. The molecule has 2 aromatic rings. The van der Waals surface area contributed by atoms with Gasteiger partial charge in [0.15, 0.2) is 0 Å². The Labute approximate surface area is 160 Å². The normalized spacial score (nSPS) is 23.9. The van der Waals surface area contributed by atoms with E-state index in [1.807, 2.05) is 6.07 Å². The van der Waals surface area contributed by atoms with Crippen LogP contribution in [-0.4, -0.2) is 26.9 Å². The van der Waals surface area contributed by atoms with Crippen molar-refractivity contribution in [2.24, 2.45) is 11.8 Å². The summed E-state index contributed by atoms with van der Waals surface area (Å²) in [6.45, 7) is -0.213. The highest BCUT2D eigenvalue weighted by Crippen LogP contribution is 2.44. The third-order valence-electron chi connectivity index (χ3n) is 5.75. The van der Waals surface area contributed by atoms with Gasteiger partial charge in [-0.25, -0.2) is 8.42 Å². The summed E-state index contributed by atoms with van der Waals surface area (Å²) in [6, 6.07) is 17.2. The number of hydrogen-bond acceptors (Lipinski definition) is 3. The maximum absolute atomic E-state index is 13.2. The van der Waals surface area contributed by atoms with Gasteiger partial charge in [-0.3, -0.25) is 9.10 Å². The van der Waals surface area contributed by atoms with Gasteiger partial charge in [-0.05, 0) is 55.4 Å². The summed E-state index contributed by atoms with van der Waals surface area (Å²) in [5.41, 5.74) is 0.490. The zero-order valence-corrected chi connectivity index (χ0v) is 15.9. The average molecular weight is 385 g/mol. The van der Waals surface area contributed by atoms with Gasteiger partial charge in [0.2, 0.25) is 5.91 Å². The number of benzene rings is 2. The zero-order valence-electron chi connectivity index (χ0n) is 15.1. The zero-order chi connectivity index (χ0) is 18.9. The van der Waals surface area contributed by atoms with Crippen LogP contribution in [0.2, 0.25) is 0 Å². The van der Waals surface area contributed by atoms with Crippen molar-refractivity contribution in [3.8, 4) is 0 Å². The van der Waals surface area contributed by atoms with Gasteiger partial charge >= 0.3 is 0 Å². The molecule has 0 aromatic heterocycles. The van der Waals surface area contributed by atoms with Crippen LogP contribution in [0.5, 0.6) is 0 Å². The molecule has 2 aromatic carbocycles. The largest absolute Gasteiger partial charge is 0.352 e. The molecule has 0 heterocycles. The van der Waals surface area contributed by atoms with Crippen molar-refractivity contribution in [1.82, 2.24) is 5.32 Å². The van der Waals surface area contributed by atoms with Crippen LogP contribution in [0.15, 0.2) is 65.6 Å². The van der Waals surface area contributed by atoms with Crippen molar-refractivity contribution in [3.63, 3.8) is 0 Å². The van der Waals surface area contributed by atoms with E-state index in [4.69, 9.17) is 0 Å². The van der Waals surface area contributed by atoms with Crippen LogP contribution in [0, 0.1) is 11.8 Å². The van der Waals surface area contributed by atoms with Gasteiger partial charge in [0.1, 0.15) is 6.54 Å². The van der Waals surface area contributed by atoms with E-state index in [2.05, 4.69) is 5.32 Å². The smallest absolute Gasteiger partial charge is 0.264 e. The highest BCUT2D eigenvalue weighted by atomic mass is 32.2. The lowest BCUT2D eigenvalue weighted by Gasteiger charge is -2.27. The van der Waals surface area contributed by atoms with Crippen molar-refractivity contribution in [2.75, 3.05) is 10.8 Å². The predicted molar refractivity (Wildman–Crippen MR) is 105 cm³/mol. The van der Waals surface area contributed by atoms with E-state index in [1.54, 1.807) is 54.6 Å². The molecular formula is C21H24N2O3S. The lowest BCUT2D eigenvalue weighted by atomic mass is 9.95. The molecule has 6 heteroatoms. The fourth-order valence-corrected chi connectivity index (χ4v) is 5.88. The van der Waals surface area contributed by atoms with Crippen LogP contribution in [-0.2, 0) is 14.8 Å². The maximum Gasteiger partial charge on any atom is 0.264 e. The molecular weight excluding hydrogens is 360 g/mol. The molecule has 1 N–H and O–H groups in total. The number of hydrogen-bond donors (Lipinski definition) is 1. The first-order chi connectivity index (χ1) is 13.0. The Bertz CT molecular complexity index is 900. The number of carbonyl (C=O) groups is 1. The van der Waals surface area contributed by atoms with Crippen molar-refractivity contribution < 1.29 is 13.2 Å². The Morgan fingerprint density at radius 3 is 2.22 bits per heavy atom. The Kier molecular flexibility index (Phi) is 4.91. The molecule has 142 valence electrons. The van der Waals surface area contributed by atoms with Gasteiger partial charge < -0.3 is 5.32 Å². The summed E-state index contributed by atoms with van der Waals surface area (Å²) in [6.07, 6.45) is 4.64. The van der Waals surface area contributed by atoms with Crippen LogP contribution in [0.1, 0.15) is 25.7 Å². The van der Waals surface area contributed by atoms with Crippen LogP contribution >= 0.6 is 0 Å². The summed E-state index contributed by atoms with van der Waals surface area (Å²) in [5, 5.41) is 3.09. The number of nitrogens with zero attached hydrogens (tertiary/aromatic N) is 1. The molecule has 27 heavy (non-hydrogen) atoms. The predicted octanol–water partition coefficient (Wildman–Crippen LogP) is 3.19. The van der Waals surface area contributed by atoms with Gasteiger partial charge in [0.25, 0.3) is 10.0 Å². The van der Waals surface area contributed by atoms with Crippen molar-refractivity contribution in [3.05, 3.63) is 60.7 Å². The van der Waals surface area contributed by atoms with E-state index in [0.717, 1.165) is 12.3 Å². The topological polar surface area (TPSA) is 66.5 Å². The Morgan fingerprint density at radius 2 is 1.63 bits per heavy atom. The first-order valence-corrected chi connectivity index (χ1v) is 10.9. The van der Waals surface area contributed by atoms with E-state index in [1.165, 1.54) is 23.6 Å². The molecule has 2 fully saturated rings. The number of rotatable bonds is 6. The van der Waals surface area contributed by atoms with Crippen molar-refractivity contribution in [2.45, 2.75) is 36.6 Å². The summed E-state index contributed by atoms with van der Waals surface area (Å²) < 4.78 is 27.6. The van der Waals surface area contributed by atoms with E-state index in [9.17, 15) is 13.2 Å². The van der Waals surface area contributed by atoms with Gasteiger partial charge in [0, 0.05) is 6.04 Å². The molecule has 0 saturated heterocycles. The second kappa shape index (κ2) is 7.35. The highest BCUT2D eigenvalue weighted by Gasteiger charge is 2.40. The summed E-state index contributed by atoms with van der Waals surface area (Å²) in [4.78, 5) is 12.9. The number of sulfonamides is 1. The Hall–Kier alpha value is -2.34. The Morgan fingerprint density at radius 1 is 0.963 bits per heavy atom. The fraction of sp³-hybridized carbons (Fsp3) is 0.381. The molecule has 2 aliphatic carbocycles. The highest BCUT2D eigenvalue weighted by molar-refractivity contribution is 7.92. The summed E-state index contributed by atoms with van der Waals surface area (Å²) >= 11 is 0. The van der Waals surface area contributed by atoms with Gasteiger partial charge in [-0.15, -0.1) is 0 Å². The third kappa shape index (κ3) is 3.72. The number of para-hydroxylation sites is 1. The first-order valence-electron chi connectivity index (χ1n) is 9.46. The van der Waals surface area contributed by atoms with Crippen LogP contribution in [0.4, 0.5) is 5.69 Å². The van der Waals surface area contributed by atoms with E-state index >= 15 is 0 Å². The molecule has 2 bridgehead atoms. The number of fused-ring (bicyclic) bond motifs is 2. The average Bonchev–Trinajstić information content (AvgIpc) is 3.30. The van der Waals surface area contributed by atoms with E-state index in [-0.39, 0.29) is 23.4 Å². The minimum Gasteiger partial charge on any atom is -0.352 e. The van der Waals surface area contributed by atoms with Crippen LogP contribution in [0.3, 0.4) is 0 Å². The summed E-state index contributed by atoms with van der Waals surface area (Å²) in [7, 11) is -3.82. The second-order valence-corrected chi connectivity index (χ2v) is 9.37. The lowest BCUT2D eigenvalue weighted by molar-refractivity contribution is -0.120. The quantitative estimate of drug-likeness (QED) is 0.832. The first kappa shape index (κ1) is 18.0. The van der Waals surface area contributed by atoms with Crippen molar-refractivity contribution in [1.29, 1.82) is 0 Å². The Balaban J connectivity index is 1.56. The summed E-state index contributed by atoms with van der Waals surface area (Å²) in [5.74, 6) is 1.03. The SMILES string of the molecule is O=C(CN(c1ccccc1)S(=O)(=O)c1ccccc1)NC1CC2CCC1C2. The minimum absolute atomic E-state index is 0.182. The number of amides is 1. The molecule has 3 atom stereocenters. The molecule has 2 saturated carbocycles. The minimum atomic E-state index is -3.82. The molecule has 0 aliphatic heterocycles. The lowest BCUT2D eigenvalue weighted by Crippen LogP contribution is -2.45. The van der Waals surface area contributed by atoms with Gasteiger partial charge in [-0.2, -0.15) is 0 Å². The molecule has 1 amide bonds. The van der Waals surface area contributed by atoms with E-state index < -0.39 is 10.0 Å². The molecule has 4 rings (SSSR count). The fourth-order valence-electron chi connectivity index (χ4n) is 4.43. The number of carbonyl (C=O) groups excluding carboxylic acids is 1. The van der Waals surface area contributed by atoms with E-state index in [0.29, 0.717) is 11.6 Å². The maximum atomic E-state index is 13.2. The molecule has 0 radical (unpaired) electrons. The molecule has 0 spiro atoms. The number of anilines is 1. The third-order valence-corrected chi connectivity index (χ3v) is 7.54. The monoisotopic (exact) mass is 384 g/mol. The molecule has 5 nitrogen and oxygen atoms in total. The van der Waals surface area contributed by atoms with Crippen LogP contribution < -0.4 is 9.62 Å². The standard InChI is InChI=1S/C21H24N2O3S/c24-21(22-20-14-16-11-12-17(20)13-16)15-23(18-7-3-1-4-8-18)27(25,26)19-9-5-2-6-10-19/h1-10,16-17,20H,11-15H2,(H,22,24). The second-order valence-electron chi connectivity index (χ2n) is 7.51. The van der Waals surface area contributed by atoms with Crippen molar-refractivity contribution >= 4 is 21.6 Å². The molecule has 2 aliphatic rings. The van der Waals surface area contributed by atoms with Crippen LogP contribution in [0.25, 0.3) is 0 Å². The van der Waals surface area contributed by atoms with Gasteiger partial charge in [0.05, 0.1) is 10.6 Å².